The number of fused-ring (bicyclic) bond motifs is 1. The molecular weight excluding hydrogens is 490 g/mol. The third-order valence-electron chi connectivity index (χ3n) is 6.18. The van der Waals surface area contributed by atoms with Crippen molar-refractivity contribution in [2.45, 2.75) is 23.8 Å². The molecule has 0 saturated carbocycles. The molecule has 0 N–H and O–H groups in total. The summed E-state index contributed by atoms with van der Waals surface area (Å²) < 4.78 is 44.6. The molecule has 2 aliphatic rings. The zero-order chi connectivity index (χ0) is 24.4. The first-order valence-corrected chi connectivity index (χ1v) is 13.8. The molecule has 1 aromatic heterocycles. The SMILES string of the molecule is COc1ccc2nc(N(CC3CCCO3)C(=O)c3ccc(S(=O)(=O)N4CCOCC4)cc3)sc2c1. The Hall–Kier alpha value is -2.57. The molecule has 0 spiro atoms. The van der Waals surface area contributed by atoms with Crippen LogP contribution in [0.3, 0.4) is 0 Å². The fourth-order valence-electron chi connectivity index (χ4n) is 4.24. The quantitative estimate of drug-likeness (QED) is 0.475. The molecule has 1 atom stereocenters. The number of anilines is 1. The van der Waals surface area contributed by atoms with Crippen LogP contribution >= 0.6 is 11.3 Å². The van der Waals surface area contributed by atoms with Crippen LogP contribution in [-0.2, 0) is 19.5 Å². The van der Waals surface area contributed by atoms with Crippen molar-refractivity contribution in [2.24, 2.45) is 0 Å². The largest absolute Gasteiger partial charge is 0.497 e. The van der Waals surface area contributed by atoms with E-state index in [2.05, 4.69) is 0 Å². The van der Waals surface area contributed by atoms with E-state index in [9.17, 15) is 13.2 Å². The standard InChI is InChI=1S/C24H27N3O6S2/c1-31-18-6-9-21-22(15-18)34-24(25-21)27(16-19-3-2-12-33-19)23(28)17-4-7-20(8-5-17)35(29,30)26-10-13-32-14-11-26/h4-9,15,19H,2-3,10-14,16H2,1H3. The van der Waals surface area contributed by atoms with E-state index in [1.165, 1.54) is 27.8 Å². The van der Waals surface area contributed by atoms with Gasteiger partial charge in [0.05, 0.1) is 48.1 Å². The van der Waals surface area contributed by atoms with Gasteiger partial charge in [0.1, 0.15) is 5.75 Å². The Bertz CT molecular complexity index is 1300. The molecule has 0 bridgehead atoms. The molecule has 11 heteroatoms. The Balaban J connectivity index is 1.43. The van der Waals surface area contributed by atoms with Gasteiger partial charge in [0, 0.05) is 25.3 Å². The van der Waals surface area contributed by atoms with Crippen LogP contribution < -0.4 is 9.64 Å². The average molecular weight is 518 g/mol. The van der Waals surface area contributed by atoms with Crippen molar-refractivity contribution in [1.29, 1.82) is 0 Å². The van der Waals surface area contributed by atoms with E-state index in [1.54, 1.807) is 24.1 Å². The predicted molar refractivity (Wildman–Crippen MR) is 133 cm³/mol. The number of rotatable bonds is 7. The van der Waals surface area contributed by atoms with E-state index in [0.29, 0.717) is 50.1 Å². The van der Waals surface area contributed by atoms with E-state index in [1.807, 2.05) is 18.2 Å². The molecule has 1 amide bonds. The van der Waals surface area contributed by atoms with Gasteiger partial charge in [0.15, 0.2) is 5.13 Å². The third-order valence-corrected chi connectivity index (χ3v) is 9.13. The van der Waals surface area contributed by atoms with Gasteiger partial charge in [0.2, 0.25) is 10.0 Å². The van der Waals surface area contributed by atoms with Gasteiger partial charge in [-0.1, -0.05) is 11.3 Å². The maximum absolute atomic E-state index is 13.6. The maximum atomic E-state index is 13.6. The van der Waals surface area contributed by atoms with Crippen molar-refractivity contribution >= 4 is 42.6 Å². The first-order chi connectivity index (χ1) is 17.0. The highest BCUT2D eigenvalue weighted by Gasteiger charge is 2.29. The third kappa shape index (κ3) is 5.05. The van der Waals surface area contributed by atoms with Gasteiger partial charge in [-0.05, 0) is 55.3 Å². The Morgan fingerprint density at radius 1 is 1.17 bits per heavy atom. The molecule has 186 valence electrons. The highest BCUT2D eigenvalue weighted by molar-refractivity contribution is 7.89. The number of morpholine rings is 1. The summed E-state index contributed by atoms with van der Waals surface area (Å²) in [7, 11) is -2.02. The van der Waals surface area contributed by atoms with Gasteiger partial charge in [-0.2, -0.15) is 4.31 Å². The number of benzene rings is 2. The number of sulfonamides is 1. The smallest absolute Gasteiger partial charge is 0.260 e. The van der Waals surface area contributed by atoms with Crippen LogP contribution in [0.15, 0.2) is 47.4 Å². The van der Waals surface area contributed by atoms with Crippen molar-refractivity contribution in [3.8, 4) is 5.75 Å². The van der Waals surface area contributed by atoms with Crippen molar-refractivity contribution in [1.82, 2.24) is 9.29 Å². The minimum absolute atomic E-state index is 0.0681. The topological polar surface area (TPSA) is 98.3 Å². The summed E-state index contributed by atoms with van der Waals surface area (Å²) in [6.45, 7) is 2.45. The van der Waals surface area contributed by atoms with Crippen LogP contribution in [0.4, 0.5) is 5.13 Å². The number of hydrogen-bond acceptors (Lipinski definition) is 8. The Morgan fingerprint density at radius 3 is 2.63 bits per heavy atom. The highest BCUT2D eigenvalue weighted by Crippen LogP contribution is 2.33. The number of carbonyl (C=O) groups is 1. The van der Waals surface area contributed by atoms with Gasteiger partial charge in [-0.3, -0.25) is 9.69 Å². The molecule has 3 heterocycles. The number of ether oxygens (including phenoxy) is 3. The number of nitrogens with zero attached hydrogens (tertiary/aromatic N) is 3. The maximum Gasteiger partial charge on any atom is 0.260 e. The van der Waals surface area contributed by atoms with E-state index in [0.717, 1.165) is 28.8 Å². The zero-order valence-corrected chi connectivity index (χ0v) is 21.0. The van der Waals surface area contributed by atoms with E-state index in [4.69, 9.17) is 19.2 Å². The number of hydrogen-bond donors (Lipinski definition) is 0. The Kier molecular flexibility index (Phi) is 7.03. The summed E-state index contributed by atoms with van der Waals surface area (Å²) in [4.78, 5) is 20.1. The van der Waals surface area contributed by atoms with Crippen molar-refractivity contribution < 1.29 is 27.4 Å². The minimum Gasteiger partial charge on any atom is -0.497 e. The lowest BCUT2D eigenvalue weighted by atomic mass is 10.2. The van der Waals surface area contributed by atoms with Crippen molar-refractivity contribution in [2.75, 3.05) is 51.5 Å². The monoisotopic (exact) mass is 517 g/mol. The number of carbonyl (C=O) groups excluding carboxylic acids is 1. The zero-order valence-electron chi connectivity index (χ0n) is 19.4. The first-order valence-electron chi connectivity index (χ1n) is 11.5. The van der Waals surface area contributed by atoms with Crippen LogP contribution in [-0.4, -0.2) is 76.3 Å². The second kappa shape index (κ2) is 10.2. The molecule has 2 fully saturated rings. The molecule has 0 radical (unpaired) electrons. The van der Waals surface area contributed by atoms with Gasteiger partial charge >= 0.3 is 0 Å². The molecule has 5 rings (SSSR count). The van der Waals surface area contributed by atoms with Gasteiger partial charge in [-0.15, -0.1) is 0 Å². The summed E-state index contributed by atoms with van der Waals surface area (Å²) in [5.74, 6) is 0.476. The molecule has 2 saturated heterocycles. The second-order valence-electron chi connectivity index (χ2n) is 8.42. The average Bonchev–Trinajstić information content (AvgIpc) is 3.56. The Labute approximate surface area is 208 Å². The van der Waals surface area contributed by atoms with E-state index in [-0.39, 0.29) is 16.9 Å². The number of aromatic nitrogens is 1. The minimum atomic E-state index is -3.63. The molecule has 35 heavy (non-hydrogen) atoms. The summed E-state index contributed by atoms with van der Waals surface area (Å²) in [6.07, 6.45) is 1.76. The fourth-order valence-corrected chi connectivity index (χ4v) is 6.65. The molecule has 2 aromatic carbocycles. The van der Waals surface area contributed by atoms with Crippen LogP contribution in [0.1, 0.15) is 23.2 Å². The molecule has 2 aliphatic heterocycles. The summed E-state index contributed by atoms with van der Waals surface area (Å²) >= 11 is 1.41. The van der Waals surface area contributed by atoms with E-state index >= 15 is 0 Å². The van der Waals surface area contributed by atoms with Crippen LogP contribution in [0.5, 0.6) is 5.75 Å². The number of amides is 1. The summed E-state index contributed by atoms with van der Waals surface area (Å²) in [6, 6.07) is 11.7. The Morgan fingerprint density at radius 2 is 1.94 bits per heavy atom. The van der Waals surface area contributed by atoms with Gasteiger partial charge in [-0.25, -0.2) is 13.4 Å². The molecule has 9 nitrogen and oxygen atoms in total. The lowest BCUT2D eigenvalue weighted by Gasteiger charge is -2.26. The lowest BCUT2D eigenvalue weighted by molar-refractivity contribution is 0.0730. The van der Waals surface area contributed by atoms with Gasteiger partial charge < -0.3 is 14.2 Å². The lowest BCUT2D eigenvalue weighted by Crippen LogP contribution is -2.40. The number of thiazole rings is 1. The van der Waals surface area contributed by atoms with Crippen molar-refractivity contribution in [3.63, 3.8) is 0 Å². The summed E-state index contributed by atoms with van der Waals surface area (Å²) in [5.41, 5.74) is 1.17. The second-order valence-corrected chi connectivity index (χ2v) is 11.4. The van der Waals surface area contributed by atoms with Gasteiger partial charge in [0.25, 0.3) is 5.91 Å². The molecule has 1 unspecified atom stereocenters. The normalized spacial score (nSPS) is 19.2. The molecule has 0 aliphatic carbocycles. The molecule has 3 aromatic rings. The van der Waals surface area contributed by atoms with Crippen LogP contribution in [0.25, 0.3) is 10.2 Å². The number of methoxy groups -OCH3 is 1. The first kappa shape index (κ1) is 24.1. The van der Waals surface area contributed by atoms with E-state index < -0.39 is 10.0 Å². The fraction of sp³-hybridized carbons (Fsp3) is 0.417. The predicted octanol–water partition coefficient (Wildman–Crippen LogP) is 3.15. The van der Waals surface area contributed by atoms with Crippen LogP contribution in [0, 0.1) is 0 Å². The molecular formula is C24H27N3O6S2. The van der Waals surface area contributed by atoms with Crippen molar-refractivity contribution in [3.05, 3.63) is 48.0 Å². The summed E-state index contributed by atoms with van der Waals surface area (Å²) in [5, 5.41) is 0.568. The highest BCUT2D eigenvalue weighted by atomic mass is 32.2. The van der Waals surface area contributed by atoms with Crippen LogP contribution in [0.2, 0.25) is 0 Å².